The first-order valence-corrected chi connectivity index (χ1v) is 8.89. The molecule has 1 aromatic heterocycles. The maximum Gasteiger partial charge on any atom is 0.139 e. The van der Waals surface area contributed by atoms with Gasteiger partial charge in [0.25, 0.3) is 0 Å². The summed E-state index contributed by atoms with van der Waals surface area (Å²) < 4.78 is 6.36. The highest BCUT2D eigenvalue weighted by atomic mass is 16.3. The van der Waals surface area contributed by atoms with Crippen molar-refractivity contribution in [2.45, 2.75) is 38.6 Å². The molecule has 3 aliphatic rings. The molecule has 2 nitrogen and oxygen atoms in total. The summed E-state index contributed by atoms with van der Waals surface area (Å²) in [5.41, 5.74) is 5.02. The maximum atomic E-state index is 6.36. The summed E-state index contributed by atoms with van der Waals surface area (Å²) in [7, 11) is 0. The van der Waals surface area contributed by atoms with E-state index >= 15 is 0 Å². The molecule has 0 amide bonds. The molecule has 2 atom stereocenters. The van der Waals surface area contributed by atoms with E-state index in [-0.39, 0.29) is 0 Å². The molecule has 3 aromatic rings. The molecular formula is C21H23NO. The Hall–Kier alpha value is -1.80. The van der Waals surface area contributed by atoms with Crippen LogP contribution in [0.15, 0.2) is 40.8 Å². The smallest absolute Gasteiger partial charge is 0.139 e. The lowest BCUT2D eigenvalue weighted by molar-refractivity contribution is 0.0350. The second-order valence-electron chi connectivity index (χ2n) is 7.41. The van der Waals surface area contributed by atoms with Gasteiger partial charge in [-0.05, 0) is 57.3 Å². The van der Waals surface area contributed by atoms with E-state index in [9.17, 15) is 0 Å². The van der Waals surface area contributed by atoms with E-state index in [4.69, 9.17) is 4.42 Å². The van der Waals surface area contributed by atoms with E-state index in [0.29, 0.717) is 12.0 Å². The van der Waals surface area contributed by atoms with Gasteiger partial charge in [-0.25, -0.2) is 0 Å². The van der Waals surface area contributed by atoms with E-state index in [2.05, 4.69) is 55.1 Å². The van der Waals surface area contributed by atoms with Crippen molar-refractivity contribution in [3.05, 3.63) is 47.5 Å². The topological polar surface area (TPSA) is 16.4 Å². The fraction of sp³-hybridized carbons (Fsp3) is 0.429. The first-order chi connectivity index (χ1) is 11.2. The molecular weight excluding hydrogens is 282 g/mol. The number of aryl methyl sites for hydroxylation is 1. The molecule has 4 heterocycles. The Morgan fingerprint density at radius 2 is 1.78 bits per heavy atom. The highest BCUT2D eigenvalue weighted by Gasteiger charge is 2.42. The summed E-state index contributed by atoms with van der Waals surface area (Å²) in [5, 5.41) is 2.53. The standard InChI is InChI=1S/C21H23NO/c1-13-7-8-17-16-5-3-4-6-18(16)23-21(17)19(13)20-14(2)22-11-9-15(20)10-12-22/h3-8,14-15,20H,9-12H2,1-2H3. The van der Waals surface area contributed by atoms with E-state index in [1.54, 1.807) is 0 Å². The quantitative estimate of drug-likeness (QED) is 0.622. The summed E-state index contributed by atoms with van der Waals surface area (Å²) in [6, 6.07) is 13.6. The SMILES string of the molecule is Cc1ccc2c(oc3ccccc32)c1C1C2CCN(CC2)C1C. The number of hydrogen-bond donors (Lipinski definition) is 0. The number of furan rings is 1. The number of para-hydroxylation sites is 1. The van der Waals surface area contributed by atoms with Crippen molar-refractivity contribution in [3.8, 4) is 0 Å². The van der Waals surface area contributed by atoms with Crippen molar-refractivity contribution in [2.75, 3.05) is 13.1 Å². The van der Waals surface area contributed by atoms with Gasteiger partial charge in [-0.1, -0.05) is 30.3 Å². The van der Waals surface area contributed by atoms with Gasteiger partial charge < -0.3 is 9.32 Å². The van der Waals surface area contributed by atoms with Crippen molar-refractivity contribution in [3.63, 3.8) is 0 Å². The van der Waals surface area contributed by atoms with Crippen LogP contribution in [-0.4, -0.2) is 24.0 Å². The van der Waals surface area contributed by atoms with Crippen LogP contribution in [0.2, 0.25) is 0 Å². The lowest BCUT2D eigenvalue weighted by Crippen LogP contribution is -2.52. The minimum atomic E-state index is 0.613. The molecule has 3 saturated heterocycles. The van der Waals surface area contributed by atoms with Crippen LogP contribution in [-0.2, 0) is 0 Å². The second kappa shape index (κ2) is 4.85. The Morgan fingerprint density at radius 3 is 2.57 bits per heavy atom. The first-order valence-electron chi connectivity index (χ1n) is 8.89. The number of nitrogens with zero attached hydrogens (tertiary/aromatic N) is 1. The molecule has 3 aliphatic heterocycles. The molecule has 2 bridgehead atoms. The van der Waals surface area contributed by atoms with Crippen LogP contribution in [0, 0.1) is 12.8 Å². The van der Waals surface area contributed by atoms with Crippen LogP contribution in [0.1, 0.15) is 36.8 Å². The van der Waals surface area contributed by atoms with Gasteiger partial charge in [0.1, 0.15) is 11.2 Å². The third kappa shape index (κ3) is 1.85. The molecule has 2 unspecified atom stereocenters. The minimum Gasteiger partial charge on any atom is -0.456 e. The summed E-state index contributed by atoms with van der Waals surface area (Å²) >= 11 is 0. The van der Waals surface area contributed by atoms with Gasteiger partial charge >= 0.3 is 0 Å². The first kappa shape index (κ1) is 13.6. The fourth-order valence-electron chi connectivity index (χ4n) is 5.11. The predicted octanol–water partition coefficient (Wildman–Crippen LogP) is 5.09. The molecule has 2 aromatic carbocycles. The largest absolute Gasteiger partial charge is 0.456 e. The third-order valence-corrected chi connectivity index (χ3v) is 6.31. The van der Waals surface area contributed by atoms with Gasteiger partial charge in [0.15, 0.2) is 0 Å². The summed E-state index contributed by atoms with van der Waals surface area (Å²) in [6.45, 7) is 7.22. The normalized spacial score (nSPS) is 30.3. The van der Waals surface area contributed by atoms with Crippen molar-refractivity contribution >= 4 is 21.9 Å². The van der Waals surface area contributed by atoms with Crippen LogP contribution in [0.25, 0.3) is 21.9 Å². The second-order valence-corrected chi connectivity index (χ2v) is 7.41. The van der Waals surface area contributed by atoms with Crippen LogP contribution in [0.5, 0.6) is 0 Å². The van der Waals surface area contributed by atoms with E-state index < -0.39 is 0 Å². The Labute approximate surface area is 137 Å². The Morgan fingerprint density at radius 1 is 1.00 bits per heavy atom. The molecule has 0 saturated carbocycles. The minimum absolute atomic E-state index is 0.613. The molecule has 23 heavy (non-hydrogen) atoms. The Bertz CT molecular complexity index is 883. The number of fused-ring (bicyclic) bond motifs is 6. The van der Waals surface area contributed by atoms with E-state index in [0.717, 1.165) is 17.1 Å². The highest BCUT2D eigenvalue weighted by Crippen LogP contribution is 2.47. The van der Waals surface area contributed by atoms with Crippen molar-refractivity contribution in [1.82, 2.24) is 4.90 Å². The summed E-state index contributed by atoms with van der Waals surface area (Å²) in [4.78, 5) is 2.67. The van der Waals surface area contributed by atoms with Crippen LogP contribution >= 0.6 is 0 Å². The van der Waals surface area contributed by atoms with Crippen LogP contribution in [0.3, 0.4) is 0 Å². The average Bonchev–Trinajstić information content (AvgIpc) is 2.95. The summed E-state index contributed by atoms with van der Waals surface area (Å²) in [5.74, 6) is 1.43. The number of hydrogen-bond acceptors (Lipinski definition) is 2. The van der Waals surface area contributed by atoms with Gasteiger partial charge in [0.05, 0.1) is 0 Å². The Balaban J connectivity index is 1.79. The monoisotopic (exact) mass is 305 g/mol. The predicted molar refractivity (Wildman–Crippen MR) is 95.0 cm³/mol. The van der Waals surface area contributed by atoms with Gasteiger partial charge in [0.2, 0.25) is 0 Å². The zero-order valence-corrected chi connectivity index (χ0v) is 13.9. The van der Waals surface area contributed by atoms with Crippen molar-refractivity contribution in [1.29, 1.82) is 0 Å². The van der Waals surface area contributed by atoms with Crippen molar-refractivity contribution < 1.29 is 4.42 Å². The van der Waals surface area contributed by atoms with E-state index in [1.165, 1.54) is 47.8 Å². The Kier molecular flexibility index (Phi) is 2.87. The molecule has 6 rings (SSSR count). The molecule has 2 heteroatoms. The average molecular weight is 305 g/mol. The van der Waals surface area contributed by atoms with Gasteiger partial charge in [-0.3, -0.25) is 0 Å². The molecule has 3 fully saturated rings. The highest BCUT2D eigenvalue weighted by molar-refractivity contribution is 6.06. The third-order valence-electron chi connectivity index (χ3n) is 6.31. The molecule has 0 N–H and O–H groups in total. The van der Waals surface area contributed by atoms with Crippen LogP contribution in [0.4, 0.5) is 0 Å². The fourth-order valence-corrected chi connectivity index (χ4v) is 5.11. The lowest BCUT2D eigenvalue weighted by Gasteiger charge is -2.50. The molecule has 0 aliphatic carbocycles. The van der Waals surface area contributed by atoms with Gasteiger partial charge in [-0.15, -0.1) is 0 Å². The molecule has 0 spiro atoms. The number of benzene rings is 2. The van der Waals surface area contributed by atoms with Gasteiger partial charge in [0, 0.05) is 28.3 Å². The molecule has 0 radical (unpaired) electrons. The van der Waals surface area contributed by atoms with Crippen LogP contribution < -0.4 is 0 Å². The number of rotatable bonds is 1. The lowest BCUT2D eigenvalue weighted by atomic mass is 9.70. The zero-order chi connectivity index (χ0) is 15.6. The zero-order valence-electron chi connectivity index (χ0n) is 13.9. The molecule has 118 valence electrons. The van der Waals surface area contributed by atoms with Crippen molar-refractivity contribution in [2.24, 2.45) is 5.92 Å². The summed E-state index contributed by atoms with van der Waals surface area (Å²) in [6.07, 6.45) is 2.68. The van der Waals surface area contributed by atoms with Gasteiger partial charge in [-0.2, -0.15) is 0 Å². The van der Waals surface area contributed by atoms with E-state index in [1.807, 2.05) is 0 Å². The maximum absolute atomic E-state index is 6.36. The number of piperidine rings is 3.